The molecule has 1 aliphatic rings. The molecule has 0 N–H and O–H groups in total. The molecular weight excluding hydrogens is 222 g/mol. The average Bonchev–Trinajstić information content (AvgIpc) is 2.32. The van der Waals surface area contributed by atoms with Crippen molar-refractivity contribution in [1.82, 2.24) is 0 Å². The largest absolute Gasteiger partial charge is 0.308 e. The first-order chi connectivity index (χ1) is 7.83. The molecule has 0 atom stereocenters. The number of fused-ring (bicyclic) bond motifs is 1. The van der Waals surface area contributed by atoms with E-state index < -0.39 is 0 Å². The first-order valence-electron chi connectivity index (χ1n) is 5.42. The van der Waals surface area contributed by atoms with Crippen LogP contribution in [0.1, 0.15) is 12.0 Å². The van der Waals surface area contributed by atoms with Crippen LogP contribution >= 0.6 is 11.6 Å². The fourth-order valence-electron chi connectivity index (χ4n) is 1.94. The van der Waals surface area contributed by atoms with Gasteiger partial charge in [0.1, 0.15) is 0 Å². The van der Waals surface area contributed by atoms with Crippen LogP contribution in [0, 0.1) is 0 Å². The third-order valence-electron chi connectivity index (χ3n) is 2.74. The second kappa shape index (κ2) is 5.17. The number of carbonyl (C=O) groups is 1. The summed E-state index contributed by atoms with van der Waals surface area (Å²) >= 11 is 5.57. The van der Waals surface area contributed by atoms with Gasteiger partial charge >= 0.3 is 0 Å². The van der Waals surface area contributed by atoms with Crippen molar-refractivity contribution in [2.24, 2.45) is 0 Å². The molecule has 0 saturated carbocycles. The van der Waals surface area contributed by atoms with Crippen LogP contribution in [0.15, 0.2) is 36.4 Å². The molecule has 2 rings (SSSR count). The molecule has 0 bridgehead atoms. The highest BCUT2D eigenvalue weighted by Crippen LogP contribution is 2.27. The second-order valence-corrected chi connectivity index (χ2v) is 4.07. The molecule has 0 aromatic heterocycles. The van der Waals surface area contributed by atoms with E-state index in [1.807, 2.05) is 35.3 Å². The Kier molecular flexibility index (Phi) is 3.62. The van der Waals surface area contributed by atoms with Gasteiger partial charge in [-0.2, -0.15) is 0 Å². The molecule has 16 heavy (non-hydrogen) atoms. The van der Waals surface area contributed by atoms with Gasteiger partial charge in [-0.3, -0.25) is 4.79 Å². The summed E-state index contributed by atoms with van der Waals surface area (Å²) in [6, 6.07) is 8.07. The lowest BCUT2D eigenvalue weighted by molar-refractivity contribution is -0.118. The Hall–Kier alpha value is -1.28. The number of hydrogen-bond donors (Lipinski definition) is 0. The van der Waals surface area contributed by atoms with Gasteiger partial charge in [0.2, 0.25) is 5.91 Å². The minimum atomic E-state index is 0.193. The van der Waals surface area contributed by atoms with Crippen LogP contribution < -0.4 is 4.90 Å². The molecule has 0 radical (unpaired) electrons. The summed E-state index contributed by atoms with van der Waals surface area (Å²) < 4.78 is 0. The van der Waals surface area contributed by atoms with E-state index in [2.05, 4.69) is 6.07 Å². The lowest BCUT2D eigenvalue weighted by atomic mass is 10.0. The monoisotopic (exact) mass is 235 g/mol. The Morgan fingerprint density at radius 1 is 1.25 bits per heavy atom. The summed E-state index contributed by atoms with van der Waals surface area (Å²) in [4.78, 5) is 13.6. The fraction of sp³-hybridized carbons (Fsp3) is 0.308. The quantitative estimate of drug-likeness (QED) is 0.583. The van der Waals surface area contributed by atoms with Crippen molar-refractivity contribution in [3.8, 4) is 0 Å². The molecule has 0 unspecified atom stereocenters. The number of alkyl halides is 1. The standard InChI is InChI=1S/C13H14ClNO/c14-9-3-4-10-15-12-6-2-1-5-11(12)7-8-13(15)16/h1-6H,7-10H2. The number of para-hydroxylation sites is 1. The number of aryl methyl sites for hydroxylation is 1. The average molecular weight is 236 g/mol. The van der Waals surface area contributed by atoms with E-state index in [-0.39, 0.29) is 5.91 Å². The van der Waals surface area contributed by atoms with E-state index in [0.29, 0.717) is 18.8 Å². The second-order valence-electron chi connectivity index (χ2n) is 3.76. The highest BCUT2D eigenvalue weighted by atomic mass is 35.5. The lowest BCUT2D eigenvalue weighted by Crippen LogP contribution is -2.35. The summed E-state index contributed by atoms with van der Waals surface area (Å²) in [7, 11) is 0. The van der Waals surface area contributed by atoms with E-state index in [1.165, 1.54) is 5.56 Å². The molecule has 1 amide bonds. The number of halogens is 1. The Morgan fingerprint density at radius 2 is 2.06 bits per heavy atom. The van der Waals surface area contributed by atoms with Gasteiger partial charge in [0.05, 0.1) is 0 Å². The summed E-state index contributed by atoms with van der Waals surface area (Å²) in [5.41, 5.74) is 2.29. The normalized spacial score (nSPS) is 15.6. The number of nitrogens with zero attached hydrogens (tertiary/aromatic N) is 1. The van der Waals surface area contributed by atoms with Crippen LogP contribution in [0.4, 0.5) is 5.69 Å². The Bertz CT molecular complexity index is 414. The number of allylic oxidation sites excluding steroid dienone is 1. The maximum Gasteiger partial charge on any atom is 0.227 e. The molecular formula is C13H14ClNO. The minimum absolute atomic E-state index is 0.193. The summed E-state index contributed by atoms with van der Waals surface area (Å²) in [5.74, 6) is 0.682. The van der Waals surface area contributed by atoms with Gasteiger partial charge in [0, 0.05) is 24.5 Å². The third kappa shape index (κ3) is 2.27. The van der Waals surface area contributed by atoms with Crippen molar-refractivity contribution >= 4 is 23.2 Å². The molecule has 0 fully saturated rings. The lowest BCUT2D eigenvalue weighted by Gasteiger charge is -2.28. The first kappa shape index (κ1) is 11.2. The zero-order valence-electron chi connectivity index (χ0n) is 9.03. The Labute approximate surface area is 101 Å². The summed E-state index contributed by atoms with van der Waals surface area (Å²) in [5, 5.41) is 0. The van der Waals surface area contributed by atoms with Crippen molar-refractivity contribution in [2.75, 3.05) is 17.3 Å². The van der Waals surface area contributed by atoms with Crippen LogP contribution in [0.25, 0.3) is 0 Å². The Morgan fingerprint density at radius 3 is 2.88 bits per heavy atom. The highest BCUT2D eigenvalue weighted by Gasteiger charge is 2.22. The van der Waals surface area contributed by atoms with E-state index in [4.69, 9.17) is 11.6 Å². The molecule has 0 spiro atoms. The molecule has 84 valence electrons. The van der Waals surface area contributed by atoms with Crippen molar-refractivity contribution in [1.29, 1.82) is 0 Å². The van der Waals surface area contributed by atoms with Crippen molar-refractivity contribution in [3.05, 3.63) is 42.0 Å². The van der Waals surface area contributed by atoms with Crippen LogP contribution in [-0.4, -0.2) is 18.3 Å². The zero-order valence-corrected chi connectivity index (χ0v) is 9.78. The number of carbonyl (C=O) groups excluding carboxylic acids is 1. The molecule has 2 nitrogen and oxygen atoms in total. The molecule has 1 aliphatic heterocycles. The molecule has 1 aromatic rings. The van der Waals surface area contributed by atoms with Crippen LogP contribution in [0.3, 0.4) is 0 Å². The molecule has 1 heterocycles. The highest BCUT2D eigenvalue weighted by molar-refractivity contribution is 6.18. The van der Waals surface area contributed by atoms with Gasteiger partial charge in [0.25, 0.3) is 0 Å². The number of benzene rings is 1. The maximum atomic E-state index is 11.8. The predicted octanol–water partition coefficient (Wildman–Crippen LogP) is 2.76. The SMILES string of the molecule is O=C1CCc2ccccc2N1CC=CCCl. The van der Waals surface area contributed by atoms with Crippen molar-refractivity contribution in [3.63, 3.8) is 0 Å². The van der Waals surface area contributed by atoms with Gasteiger partial charge in [-0.1, -0.05) is 30.4 Å². The van der Waals surface area contributed by atoms with E-state index in [1.54, 1.807) is 0 Å². The van der Waals surface area contributed by atoms with Gasteiger partial charge < -0.3 is 4.90 Å². The smallest absolute Gasteiger partial charge is 0.227 e. The first-order valence-corrected chi connectivity index (χ1v) is 5.95. The van der Waals surface area contributed by atoms with Gasteiger partial charge in [-0.15, -0.1) is 11.6 Å². The minimum Gasteiger partial charge on any atom is -0.308 e. The number of rotatable bonds is 3. The summed E-state index contributed by atoms with van der Waals surface area (Å²) in [6.07, 6.45) is 5.26. The van der Waals surface area contributed by atoms with Crippen LogP contribution in [-0.2, 0) is 11.2 Å². The Balaban J connectivity index is 2.23. The topological polar surface area (TPSA) is 20.3 Å². The summed E-state index contributed by atoms with van der Waals surface area (Å²) in [6.45, 7) is 0.614. The van der Waals surface area contributed by atoms with E-state index in [0.717, 1.165) is 12.1 Å². The molecule has 1 aromatic carbocycles. The number of anilines is 1. The van der Waals surface area contributed by atoms with Gasteiger partial charge in [0.15, 0.2) is 0 Å². The van der Waals surface area contributed by atoms with Gasteiger partial charge in [-0.25, -0.2) is 0 Å². The fourth-order valence-corrected chi connectivity index (χ4v) is 2.07. The van der Waals surface area contributed by atoms with Gasteiger partial charge in [-0.05, 0) is 18.1 Å². The van der Waals surface area contributed by atoms with E-state index in [9.17, 15) is 4.79 Å². The number of amides is 1. The van der Waals surface area contributed by atoms with E-state index >= 15 is 0 Å². The maximum absolute atomic E-state index is 11.8. The molecule has 0 saturated heterocycles. The van der Waals surface area contributed by atoms with Crippen molar-refractivity contribution < 1.29 is 4.79 Å². The number of hydrogen-bond acceptors (Lipinski definition) is 1. The third-order valence-corrected chi connectivity index (χ3v) is 2.91. The molecule has 3 heteroatoms. The van der Waals surface area contributed by atoms with Crippen molar-refractivity contribution in [2.45, 2.75) is 12.8 Å². The molecule has 0 aliphatic carbocycles. The van der Waals surface area contributed by atoms with Crippen LogP contribution in [0.2, 0.25) is 0 Å². The zero-order chi connectivity index (χ0) is 11.4. The predicted molar refractivity (Wildman–Crippen MR) is 67.0 cm³/mol. The van der Waals surface area contributed by atoms with Crippen LogP contribution in [0.5, 0.6) is 0 Å².